The summed E-state index contributed by atoms with van der Waals surface area (Å²) in [6.45, 7) is 7.74. The molecular formula is C19H28N2O3. The fourth-order valence-electron chi connectivity index (χ4n) is 3.87. The van der Waals surface area contributed by atoms with E-state index in [1.165, 1.54) is 0 Å². The first-order valence-electron chi connectivity index (χ1n) is 9.01. The number of piperidine rings is 1. The van der Waals surface area contributed by atoms with Crippen LogP contribution in [0.2, 0.25) is 0 Å². The first-order chi connectivity index (χ1) is 11.6. The van der Waals surface area contributed by atoms with Crippen LogP contribution in [-0.2, 0) is 16.0 Å². The number of phenolic OH excluding ortho intramolecular Hbond substituents is 1. The first-order valence-corrected chi connectivity index (χ1v) is 9.01. The van der Waals surface area contributed by atoms with Crippen molar-refractivity contribution in [1.82, 2.24) is 9.80 Å². The molecule has 2 heterocycles. The van der Waals surface area contributed by atoms with E-state index in [2.05, 4.69) is 11.8 Å². The Labute approximate surface area is 144 Å². The Morgan fingerprint density at radius 1 is 1.25 bits per heavy atom. The van der Waals surface area contributed by atoms with Crippen molar-refractivity contribution in [2.24, 2.45) is 5.92 Å². The Balaban J connectivity index is 1.48. The van der Waals surface area contributed by atoms with Crippen molar-refractivity contribution in [3.8, 4) is 5.75 Å². The normalized spacial score (nSPS) is 21.6. The lowest BCUT2D eigenvalue weighted by molar-refractivity contribution is -0.132. The van der Waals surface area contributed by atoms with E-state index in [1.807, 2.05) is 11.0 Å². The summed E-state index contributed by atoms with van der Waals surface area (Å²) < 4.78 is 5.44. The molecule has 2 aliphatic heterocycles. The van der Waals surface area contributed by atoms with Crippen LogP contribution in [0.1, 0.15) is 25.3 Å². The number of carbonyl (C=O) groups is 1. The Morgan fingerprint density at radius 3 is 2.62 bits per heavy atom. The molecule has 1 N–H and O–H groups in total. The Hall–Kier alpha value is -1.59. The molecule has 2 aliphatic rings. The van der Waals surface area contributed by atoms with Gasteiger partial charge < -0.3 is 14.7 Å². The zero-order valence-corrected chi connectivity index (χ0v) is 14.5. The minimum Gasteiger partial charge on any atom is -0.508 e. The van der Waals surface area contributed by atoms with E-state index in [4.69, 9.17) is 4.74 Å². The van der Waals surface area contributed by atoms with E-state index in [-0.39, 0.29) is 11.7 Å². The van der Waals surface area contributed by atoms with Gasteiger partial charge in [0.1, 0.15) is 5.75 Å². The molecule has 0 radical (unpaired) electrons. The van der Waals surface area contributed by atoms with Gasteiger partial charge in [-0.25, -0.2) is 0 Å². The third kappa shape index (κ3) is 4.28. The van der Waals surface area contributed by atoms with Crippen LogP contribution in [0.5, 0.6) is 5.75 Å². The summed E-state index contributed by atoms with van der Waals surface area (Å²) in [5, 5.41) is 9.52. The van der Waals surface area contributed by atoms with E-state index >= 15 is 0 Å². The quantitative estimate of drug-likeness (QED) is 0.915. The molecule has 24 heavy (non-hydrogen) atoms. The average Bonchev–Trinajstić information content (AvgIpc) is 2.62. The number of nitrogens with zero attached hydrogens (tertiary/aromatic N) is 2. The van der Waals surface area contributed by atoms with E-state index in [1.54, 1.807) is 18.2 Å². The van der Waals surface area contributed by atoms with Crippen molar-refractivity contribution in [1.29, 1.82) is 0 Å². The molecule has 132 valence electrons. The van der Waals surface area contributed by atoms with Gasteiger partial charge in [0, 0.05) is 32.2 Å². The molecule has 2 fully saturated rings. The summed E-state index contributed by atoms with van der Waals surface area (Å²) in [4.78, 5) is 17.0. The second-order valence-electron chi connectivity index (χ2n) is 6.95. The van der Waals surface area contributed by atoms with Crippen LogP contribution in [0.3, 0.4) is 0 Å². The van der Waals surface area contributed by atoms with Crippen molar-refractivity contribution in [2.45, 2.75) is 32.2 Å². The molecular weight excluding hydrogens is 304 g/mol. The Morgan fingerprint density at radius 2 is 1.96 bits per heavy atom. The molecule has 0 bridgehead atoms. The van der Waals surface area contributed by atoms with Crippen LogP contribution in [0.25, 0.3) is 0 Å². The third-order valence-electron chi connectivity index (χ3n) is 5.46. The lowest BCUT2D eigenvalue weighted by Crippen LogP contribution is -2.49. The second-order valence-corrected chi connectivity index (χ2v) is 6.95. The monoisotopic (exact) mass is 332 g/mol. The molecule has 1 unspecified atom stereocenters. The topological polar surface area (TPSA) is 53.0 Å². The number of phenols is 1. The summed E-state index contributed by atoms with van der Waals surface area (Å²) in [6, 6.07) is 7.55. The van der Waals surface area contributed by atoms with Crippen molar-refractivity contribution >= 4 is 5.91 Å². The lowest BCUT2D eigenvalue weighted by Gasteiger charge is -2.41. The summed E-state index contributed by atoms with van der Waals surface area (Å²) in [7, 11) is 0. The molecule has 2 saturated heterocycles. The number of likely N-dealkylation sites (tertiary alicyclic amines) is 1. The minimum absolute atomic E-state index is 0.165. The highest BCUT2D eigenvalue weighted by atomic mass is 16.5. The van der Waals surface area contributed by atoms with E-state index in [0.29, 0.717) is 18.4 Å². The number of aromatic hydroxyl groups is 1. The Bertz CT molecular complexity index is 549. The van der Waals surface area contributed by atoms with Crippen LogP contribution in [0.4, 0.5) is 0 Å². The third-order valence-corrected chi connectivity index (χ3v) is 5.46. The smallest absolute Gasteiger partial charge is 0.226 e. The molecule has 5 heteroatoms. The highest BCUT2D eigenvalue weighted by Gasteiger charge is 2.29. The molecule has 1 aromatic carbocycles. The van der Waals surface area contributed by atoms with Crippen LogP contribution >= 0.6 is 0 Å². The van der Waals surface area contributed by atoms with E-state index < -0.39 is 0 Å². The highest BCUT2D eigenvalue weighted by Crippen LogP contribution is 2.25. The number of morpholine rings is 1. The predicted octanol–water partition coefficient (Wildman–Crippen LogP) is 1.89. The van der Waals surface area contributed by atoms with Gasteiger partial charge in [0.25, 0.3) is 0 Å². The maximum atomic E-state index is 12.5. The number of benzene rings is 1. The first kappa shape index (κ1) is 17.2. The average molecular weight is 332 g/mol. The maximum absolute atomic E-state index is 12.5. The van der Waals surface area contributed by atoms with Crippen molar-refractivity contribution in [3.63, 3.8) is 0 Å². The van der Waals surface area contributed by atoms with Gasteiger partial charge in [-0.05, 0) is 43.4 Å². The SMILES string of the molecule is CC(C1CCN(C(=O)Cc2cccc(O)c2)CC1)N1CCOCC1. The van der Waals surface area contributed by atoms with Gasteiger partial charge in [-0.1, -0.05) is 12.1 Å². The maximum Gasteiger partial charge on any atom is 0.226 e. The second kappa shape index (κ2) is 7.99. The van der Waals surface area contributed by atoms with Crippen molar-refractivity contribution in [2.75, 3.05) is 39.4 Å². The lowest BCUT2D eigenvalue weighted by atomic mass is 9.89. The molecule has 0 saturated carbocycles. The summed E-state index contributed by atoms with van der Waals surface area (Å²) in [6.07, 6.45) is 2.52. The molecule has 5 nitrogen and oxygen atoms in total. The van der Waals surface area contributed by atoms with Gasteiger partial charge in [0.05, 0.1) is 19.6 Å². The van der Waals surface area contributed by atoms with Gasteiger partial charge in [-0.2, -0.15) is 0 Å². The number of amides is 1. The minimum atomic E-state index is 0.165. The standard InChI is InChI=1S/C19H28N2O3/c1-15(20-9-11-24-12-10-20)17-5-7-21(8-6-17)19(23)14-16-3-2-4-18(22)13-16/h2-4,13,15,17,22H,5-12,14H2,1H3. The molecule has 0 aromatic heterocycles. The number of hydrogen-bond acceptors (Lipinski definition) is 4. The Kier molecular flexibility index (Phi) is 5.74. The summed E-state index contributed by atoms with van der Waals surface area (Å²) >= 11 is 0. The number of carbonyl (C=O) groups excluding carboxylic acids is 1. The van der Waals surface area contributed by atoms with Crippen molar-refractivity contribution < 1.29 is 14.6 Å². The molecule has 0 aliphatic carbocycles. The molecule has 1 aromatic rings. The fourth-order valence-corrected chi connectivity index (χ4v) is 3.87. The number of hydrogen-bond donors (Lipinski definition) is 1. The van der Waals surface area contributed by atoms with Crippen LogP contribution in [0.15, 0.2) is 24.3 Å². The van der Waals surface area contributed by atoms with Gasteiger partial charge in [0.2, 0.25) is 5.91 Å². The number of ether oxygens (including phenoxy) is 1. The van der Waals surface area contributed by atoms with Crippen LogP contribution < -0.4 is 0 Å². The zero-order valence-electron chi connectivity index (χ0n) is 14.5. The van der Waals surface area contributed by atoms with Gasteiger partial charge in [-0.15, -0.1) is 0 Å². The largest absolute Gasteiger partial charge is 0.508 e. The van der Waals surface area contributed by atoms with Crippen LogP contribution in [-0.4, -0.2) is 66.2 Å². The van der Waals surface area contributed by atoms with Gasteiger partial charge >= 0.3 is 0 Å². The van der Waals surface area contributed by atoms with Gasteiger partial charge in [0.15, 0.2) is 0 Å². The molecule has 0 spiro atoms. The fraction of sp³-hybridized carbons (Fsp3) is 0.632. The summed E-state index contributed by atoms with van der Waals surface area (Å²) in [5.74, 6) is 1.05. The molecule has 1 amide bonds. The van der Waals surface area contributed by atoms with E-state index in [0.717, 1.165) is 57.8 Å². The highest BCUT2D eigenvalue weighted by molar-refractivity contribution is 5.79. The van der Waals surface area contributed by atoms with Crippen molar-refractivity contribution in [3.05, 3.63) is 29.8 Å². The predicted molar refractivity (Wildman–Crippen MR) is 93.0 cm³/mol. The molecule has 3 rings (SSSR count). The zero-order chi connectivity index (χ0) is 16.9. The summed E-state index contributed by atoms with van der Waals surface area (Å²) in [5.41, 5.74) is 0.879. The van der Waals surface area contributed by atoms with Gasteiger partial charge in [-0.3, -0.25) is 9.69 Å². The molecule has 1 atom stereocenters. The van der Waals surface area contributed by atoms with Crippen LogP contribution in [0, 0.1) is 5.92 Å². The number of rotatable bonds is 4. The van der Waals surface area contributed by atoms with E-state index in [9.17, 15) is 9.90 Å².